The molecule has 0 aromatic carbocycles. The van der Waals surface area contributed by atoms with Gasteiger partial charge in [0, 0.05) is 13.0 Å². The van der Waals surface area contributed by atoms with Gasteiger partial charge < -0.3 is 15.0 Å². The van der Waals surface area contributed by atoms with Gasteiger partial charge in [-0.1, -0.05) is 13.3 Å². The van der Waals surface area contributed by atoms with Crippen LogP contribution in [0.3, 0.4) is 0 Å². The van der Waals surface area contributed by atoms with Gasteiger partial charge in [-0.25, -0.2) is 4.79 Å². The van der Waals surface area contributed by atoms with Gasteiger partial charge in [-0.2, -0.15) is 0 Å². The lowest BCUT2D eigenvalue weighted by atomic mass is 10.1. The molecule has 0 spiro atoms. The summed E-state index contributed by atoms with van der Waals surface area (Å²) in [7, 11) is 5.13. The number of hydrogen-bond acceptors (Lipinski definition) is 4. The smallest absolute Gasteiger partial charge is 0.328 e. The predicted molar refractivity (Wildman–Crippen MR) is 62.0 cm³/mol. The summed E-state index contributed by atoms with van der Waals surface area (Å²) in [5, 5.41) is 2.68. The van der Waals surface area contributed by atoms with Crippen LogP contribution in [0.15, 0.2) is 0 Å². The van der Waals surface area contributed by atoms with Crippen molar-refractivity contribution in [3.8, 4) is 0 Å². The van der Waals surface area contributed by atoms with Crippen molar-refractivity contribution in [2.45, 2.75) is 32.2 Å². The molecular formula is C11H22N2O3. The molecule has 0 aliphatic rings. The zero-order valence-corrected chi connectivity index (χ0v) is 10.6. The Labute approximate surface area is 97.1 Å². The molecule has 1 N–H and O–H groups in total. The first-order valence-corrected chi connectivity index (χ1v) is 5.53. The minimum absolute atomic E-state index is 0.113. The number of nitrogens with zero attached hydrogens (tertiary/aromatic N) is 1. The first-order chi connectivity index (χ1) is 7.51. The molecule has 0 aliphatic heterocycles. The molecule has 16 heavy (non-hydrogen) atoms. The van der Waals surface area contributed by atoms with Crippen molar-refractivity contribution in [1.82, 2.24) is 10.2 Å². The molecule has 0 bridgehead atoms. The molecule has 94 valence electrons. The number of carbonyl (C=O) groups is 2. The van der Waals surface area contributed by atoms with E-state index in [1.807, 2.05) is 25.9 Å². The van der Waals surface area contributed by atoms with Crippen molar-refractivity contribution in [1.29, 1.82) is 0 Å². The lowest BCUT2D eigenvalue weighted by Gasteiger charge is -2.16. The molecule has 0 aromatic rings. The van der Waals surface area contributed by atoms with Crippen molar-refractivity contribution < 1.29 is 14.3 Å². The van der Waals surface area contributed by atoms with E-state index in [0.29, 0.717) is 19.4 Å². The number of methoxy groups -OCH3 is 1. The molecule has 0 aliphatic carbocycles. The lowest BCUT2D eigenvalue weighted by molar-refractivity contribution is -0.145. The number of amides is 1. The van der Waals surface area contributed by atoms with E-state index < -0.39 is 6.04 Å². The quantitative estimate of drug-likeness (QED) is 0.643. The maximum absolute atomic E-state index is 11.5. The molecule has 1 amide bonds. The summed E-state index contributed by atoms with van der Waals surface area (Å²) in [4.78, 5) is 24.8. The number of carbonyl (C=O) groups excluding carboxylic acids is 2. The standard InChI is InChI=1S/C11H22N2O3/c1-5-6-9(11(15)16-4)12-10(14)7-8-13(2)3/h9H,5-8H2,1-4H3,(H,12,14). The van der Waals surface area contributed by atoms with Crippen LogP contribution in [-0.4, -0.2) is 50.6 Å². The van der Waals surface area contributed by atoms with Gasteiger partial charge in [-0.05, 0) is 20.5 Å². The fraction of sp³-hybridized carbons (Fsp3) is 0.818. The van der Waals surface area contributed by atoms with Gasteiger partial charge in [-0.3, -0.25) is 4.79 Å². The molecule has 0 heterocycles. The second-order valence-corrected chi connectivity index (χ2v) is 3.99. The van der Waals surface area contributed by atoms with Crippen molar-refractivity contribution in [3.63, 3.8) is 0 Å². The van der Waals surface area contributed by atoms with E-state index in [0.717, 1.165) is 6.42 Å². The fourth-order valence-electron chi connectivity index (χ4n) is 1.27. The zero-order valence-electron chi connectivity index (χ0n) is 10.6. The van der Waals surface area contributed by atoms with E-state index in [-0.39, 0.29) is 11.9 Å². The number of rotatable bonds is 7. The average molecular weight is 230 g/mol. The summed E-state index contributed by atoms with van der Waals surface area (Å²) in [6.07, 6.45) is 1.83. The number of esters is 1. The van der Waals surface area contributed by atoms with Gasteiger partial charge in [-0.15, -0.1) is 0 Å². The molecule has 1 atom stereocenters. The summed E-state index contributed by atoms with van der Waals surface area (Å²) in [6.45, 7) is 2.63. The van der Waals surface area contributed by atoms with E-state index in [4.69, 9.17) is 0 Å². The molecular weight excluding hydrogens is 208 g/mol. The van der Waals surface area contributed by atoms with Crippen molar-refractivity contribution in [2.24, 2.45) is 0 Å². The molecule has 0 saturated heterocycles. The van der Waals surface area contributed by atoms with Crippen LogP contribution in [0.4, 0.5) is 0 Å². The van der Waals surface area contributed by atoms with Gasteiger partial charge in [0.25, 0.3) is 0 Å². The molecule has 5 nitrogen and oxygen atoms in total. The summed E-state index contributed by atoms with van der Waals surface area (Å²) in [5.74, 6) is -0.488. The number of ether oxygens (including phenoxy) is 1. The summed E-state index contributed by atoms with van der Waals surface area (Å²) < 4.78 is 4.63. The second-order valence-electron chi connectivity index (χ2n) is 3.99. The van der Waals surface area contributed by atoms with E-state index in [1.54, 1.807) is 0 Å². The maximum atomic E-state index is 11.5. The zero-order chi connectivity index (χ0) is 12.6. The van der Waals surface area contributed by atoms with E-state index >= 15 is 0 Å². The summed E-state index contributed by atoms with van der Waals surface area (Å²) in [6, 6.07) is -0.510. The van der Waals surface area contributed by atoms with Crippen LogP contribution in [0.5, 0.6) is 0 Å². The Morgan fingerprint density at radius 2 is 2.00 bits per heavy atom. The SMILES string of the molecule is CCCC(NC(=O)CCN(C)C)C(=O)OC. The summed E-state index contributed by atoms with van der Waals surface area (Å²) in [5.41, 5.74) is 0. The van der Waals surface area contributed by atoms with Crippen LogP contribution in [0.1, 0.15) is 26.2 Å². The third-order valence-electron chi connectivity index (χ3n) is 2.18. The highest BCUT2D eigenvalue weighted by Gasteiger charge is 2.19. The minimum atomic E-state index is -0.510. The van der Waals surface area contributed by atoms with Gasteiger partial charge in [0.15, 0.2) is 0 Å². The average Bonchev–Trinajstić information content (AvgIpc) is 2.24. The molecule has 0 aromatic heterocycles. The van der Waals surface area contributed by atoms with Gasteiger partial charge in [0.1, 0.15) is 6.04 Å². The number of nitrogens with one attached hydrogen (secondary N) is 1. The van der Waals surface area contributed by atoms with Crippen LogP contribution >= 0.6 is 0 Å². The van der Waals surface area contributed by atoms with Crippen LogP contribution in [0.25, 0.3) is 0 Å². The van der Waals surface area contributed by atoms with Crippen molar-refractivity contribution in [3.05, 3.63) is 0 Å². The first-order valence-electron chi connectivity index (χ1n) is 5.53. The molecule has 0 saturated carbocycles. The molecule has 1 unspecified atom stereocenters. The third kappa shape index (κ3) is 6.40. The Balaban J connectivity index is 4.07. The second kappa shape index (κ2) is 8.10. The monoisotopic (exact) mass is 230 g/mol. The minimum Gasteiger partial charge on any atom is -0.467 e. The van der Waals surface area contributed by atoms with E-state index in [9.17, 15) is 9.59 Å². The van der Waals surface area contributed by atoms with Crippen molar-refractivity contribution in [2.75, 3.05) is 27.7 Å². The Hall–Kier alpha value is -1.10. The van der Waals surface area contributed by atoms with Gasteiger partial charge in [0.05, 0.1) is 7.11 Å². The molecule has 0 radical (unpaired) electrons. The third-order valence-corrected chi connectivity index (χ3v) is 2.18. The molecule has 5 heteroatoms. The highest BCUT2D eigenvalue weighted by Crippen LogP contribution is 1.99. The van der Waals surface area contributed by atoms with Crippen molar-refractivity contribution >= 4 is 11.9 Å². The topological polar surface area (TPSA) is 58.6 Å². The first kappa shape index (κ1) is 14.9. The largest absolute Gasteiger partial charge is 0.467 e. The van der Waals surface area contributed by atoms with Crippen LogP contribution in [0, 0.1) is 0 Å². The maximum Gasteiger partial charge on any atom is 0.328 e. The van der Waals surface area contributed by atoms with E-state index in [2.05, 4.69) is 10.1 Å². The highest BCUT2D eigenvalue weighted by molar-refractivity contribution is 5.84. The predicted octanol–water partition coefficient (Wildman–Crippen LogP) is 0.396. The number of hydrogen-bond donors (Lipinski definition) is 1. The molecule has 0 fully saturated rings. The van der Waals surface area contributed by atoms with Gasteiger partial charge in [0.2, 0.25) is 5.91 Å². The Bertz CT molecular complexity index is 229. The normalized spacial score (nSPS) is 12.3. The van der Waals surface area contributed by atoms with Crippen LogP contribution in [0.2, 0.25) is 0 Å². The fourth-order valence-corrected chi connectivity index (χ4v) is 1.27. The van der Waals surface area contributed by atoms with Crippen LogP contribution < -0.4 is 5.32 Å². The van der Waals surface area contributed by atoms with Gasteiger partial charge >= 0.3 is 5.97 Å². The lowest BCUT2D eigenvalue weighted by Crippen LogP contribution is -2.42. The Morgan fingerprint density at radius 3 is 2.44 bits per heavy atom. The Morgan fingerprint density at radius 1 is 1.38 bits per heavy atom. The highest BCUT2D eigenvalue weighted by atomic mass is 16.5. The van der Waals surface area contributed by atoms with Crippen LogP contribution in [-0.2, 0) is 14.3 Å². The van der Waals surface area contributed by atoms with E-state index in [1.165, 1.54) is 7.11 Å². The molecule has 0 rings (SSSR count). The Kier molecular flexibility index (Phi) is 7.54. The summed E-state index contributed by atoms with van der Waals surface area (Å²) >= 11 is 0.